The van der Waals surface area contributed by atoms with Crippen molar-refractivity contribution in [2.24, 2.45) is 0 Å². The molecule has 0 aliphatic heterocycles. The smallest absolute Gasteiger partial charge is 0.306 e. The Morgan fingerprint density at radius 3 is 1.00 bits per heavy atom. The number of rotatable bonds is 47. The Kier molecular flexibility index (Phi) is 49.4. The molecule has 0 amide bonds. The van der Waals surface area contributed by atoms with Gasteiger partial charge in [-0.25, -0.2) is 0 Å². The molecule has 0 N–H and O–H groups in total. The third-order valence-corrected chi connectivity index (χ3v) is 11.1. The van der Waals surface area contributed by atoms with Crippen LogP contribution in [0.15, 0.2) is 85.1 Å². The second kappa shape index (κ2) is 52.2. The van der Waals surface area contributed by atoms with Crippen LogP contribution in [-0.2, 0) is 28.6 Å². The van der Waals surface area contributed by atoms with E-state index in [2.05, 4.69) is 106 Å². The highest BCUT2D eigenvalue weighted by Crippen LogP contribution is 2.14. The minimum Gasteiger partial charge on any atom is -0.462 e. The molecule has 0 saturated carbocycles. The molecule has 0 aromatic carbocycles. The number of allylic oxidation sites excluding steroid dienone is 14. The fourth-order valence-corrected chi connectivity index (χ4v) is 7.09. The zero-order valence-electron chi connectivity index (χ0n) is 41.8. The molecule has 0 radical (unpaired) electrons. The molecule has 0 rings (SSSR count). The van der Waals surface area contributed by atoms with Gasteiger partial charge in [0.25, 0.3) is 0 Å². The van der Waals surface area contributed by atoms with Gasteiger partial charge in [-0.15, -0.1) is 0 Å². The lowest BCUT2D eigenvalue weighted by Crippen LogP contribution is -2.30. The van der Waals surface area contributed by atoms with Gasteiger partial charge in [0, 0.05) is 19.3 Å². The maximum atomic E-state index is 12.8. The van der Waals surface area contributed by atoms with Crippen molar-refractivity contribution in [2.75, 3.05) is 13.2 Å². The van der Waals surface area contributed by atoms with Crippen LogP contribution in [0, 0.1) is 0 Å². The summed E-state index contributed by atoms with van der Waals surface area (Å²) in [6, 6.07) is 0. The van der Waals surface area contributed by atoms with Crippen molar-refractivity contribution >= 4 is 17.9 Å². The molecule has 64 heavy (non-hydrogen) atoms. The molecule has 0 bridgehead atoms. The van der Waals surface area contributed by atoms with E-state index in [0.717, 1.165) is 135 Å². The summed E-state index contributed by atoms with van der Waals surface area (Å²) in [5.74, 6) is -0.929. The molecule has 0 fully saturated rings. The number of carbonyl (C=O) groups is 3. The zero-order valence-corrected chi connectivity index (χ0v) is 41.8. The van der Waals surface area contributed by atoms with Crippen molar-refractivity contribution in [2.45, 2.75) is 252 Å². The Hall–Kier alpha value is -3.41. The average Bonchev–Trinajstić information content (AvgIpc) is 3.29. The van der Waals surface area contributed by atoms with Crippen LogP contribution in [0.4, 0.5) is 0 Å². The van der Waals surface area contributed by atoms with Crippen molar-refractivity contribution in [3.8, 4) is 0 Å². The first-order valence-corrected chi connectivity index (χ1v) is 26.6. The monoisotopic (exact) mass is 891 g/mol. The summed E-state index contributed by atoms with van der Waals surface area (Å²) in [5, 5.41) is 0. The first-order valence-electron chi connectivity index (χ1n) is 26.6. The lowest BCUT2D eigenvalue weighted by atomic mass is 10.1. The van der Waals surface area contributed by atoms with Crippen molar-refractivity contribution < 1.29 is 28.6 Å². The van der Waals surface area contributed by atoms with Crippen molar-refractivity contribution in [1.82, 2.24) is 0 Å². The van der Waals surface area contributed by atoms with Crippen LogP contribution < -0.4 is 0 Å². The lowest BCUT2D eigenvalue weighted by Gasteiger charge is -2.18. The van der Waals surface area contributed by atoms with Gasteiger partial charge in [0.1, 0.15) is 13.2 Å². The van der Waals surface area contributed by atoms with E-state index in [9.17, 15) is 14.4 Å². The van der Waals surface area contributed by atoms with Crippen LogP contribution >= 0.6 is 0 Å². The molecule has 0 spiro atoms. The van der Waals surface area contributed by atoms with E-state index >= 15 is 0 Å². The van der Waals surface area contributed by atoms with Gasteiger partial charge in [-0.2, -0.15) is 0 Å². The highest BCUT2D eigenvalue weighted by Gasteiger charge is 2.19. The minimum absolute atomic E-state index is 0.0926. The Labute approximate surface area is 395 Å². The zero-order chi connectivity index (χ0) is 46.5. The molecule has 6 heteroatoms. The van der Waals surface area contributed by atoms with Gasteiger partial charge in [0.15, 0.2) is 6.10 Å². The maximum Gasteiger partial charge on any atom is 0.306 e. The van der Waals surface area contributed by atoms with Gasteiger partial charge in [-0.1, -0.05) is 202 Å². The summed E-state index contributed by atoms with van der Waals surface area (Å²) >= 11 is 0. The second-order valence-corrected chi connectivity index (χ2v) is 17.4. The molecule has 0 saturated heterocycles. The van der Waals surface area contributed by atoms with Crippen LogP contribution in [0.2, 0.25) is 0 Å². The highest BCUT2D eigenvalue weighted by molar-refractivity contribution is 5.71. The lowest BCUT2D eigenvalue weighted by molar-refractivity contribution is -0.167. The highest BCUT2D eigenvalue weighted by atomic mass is 16.6. The van der Waals surface area contributed by atoms with Crippen LogP contribution in [-0.4, -0.2) is 37.2 Å². The molecule has 366 valence electrons. The first-order chi connectivity index (χ1) is 31.5. The van der Waals surface area contributed by atoms with E-state index in [-0.39, 0.29) is 31.1 Å². The Bertz CT molecular complexity index is 1250. The van der Waals surface area contributed by atoms with Crippen LogP contribution in [0.5, 0.6) is 0 Å². The molecule has 1 atom stereocenters. The quantitative estimate of drug-likeness (QED) is 0.0262. The topological polar surface area (TPSA) is 78.9 Å². The molecule has 0 heterocycles. The van der Waals surface area contributed by atoms with Gasteiger partial charge < -0.3 is 14.2 Å². The predicted molar refractivity (Wildman–Crippen MR) is 274 cm³/mol. The molecular weight excluding hydrogens is 793 g/mol. The predicted octanol–water partition coefficient (Wildman–Crippen LogP) is 17.6. The van der Waals surface area contributed by atoms with Gasteiger partial charge in [-0.3, -0.25) is 14.4 Å². The fourth-order valence-electron chi connectivity index (χ4n) is 7.09. The number of unbranched alkanes of at least 4 members (excludes halogenated alkanes) is 22. The summed E-state index contributed by atoms with van der Waals surface area (Å²) in [6.45, 7) is 6.43. The minimum atomic E-state index is -0.794. The number of hydrogen-bond donors (Lipinski definition) is 0. The molecular formula is C58H98O6. The van der Waals surface area contributed by atoms with Gasteiger partial charge in [0.2, 0.25) is 0 Å². The summed E-state index contributed by atoms with van der Waals surface area (Å²) in [5.41, 5.74) is 0. The first kappa shape index (κ1) is 60.6. The summed E-state index contributed by atoms with van der Waals surface area (Å²) in [4.78, 5) is 38.0. The Morgan fingerprint density at radius 1 is 0.328 bits per heavy atom. The standard InChI is InChI=1S/C58H98O6/c1-4-7-10-13-16-19-22-25-28-29-31-33-36-39-42-45-48-51-57(60)63-54-55(53-62-56(59)50-47-44-41-38-35-32-27-24-21-18-15-12-9-6-3)64-58(61)52-49-46-43-40-37-34-30-26-23-20-17-14-11-8-5-2/h7,10,15-20,24-28,30,55H,4-6,8-9,11-14,21-23,29,31-54H2,1-3H3/b10-7-,18-15-,19-16-,20-17-,27-24-,28-25-,30-26-. The fraction of sp³-hybridized carbons (Fsp3) is 0.707. The molecule has 0 aromatic heterocycles. The Balaban J connectivity index is 4.44. The molecule has 0 aliphatic carbocycles. The SMILES string of the molecule is CC/C=C\C/C=C\C/C=C\CCCCCCCCCC(=O)OCC(COC(=O)CCCCCCC/C=C\C/C=C\CCCC)OC(=O)CCCCCCC/C=C\C/C=C\CCCCC. The largest absolute Gasteiger partial charge is 0.462 e. The van der Waals surface area contributed by atoms with Crippen LogP contribution in [0.1, 0.15) is 245 Å². The molecule has 0 aromatic rings. The van der Waals surface area contributed by atoms with Gasteiger partial charge >= 0.3 is 17.9 Å². The van der Waals surface area contributed by atoms with E-state index in [1.54, 1.807) is 0 Å². The summed E-state index contributed by atoms with van der Waals surface area (Å²) < 4.78 is 16.8. The molecule has 6 nitrogen and oxygen atoms in total. The number of carbonyl (C=O) groups excluding carboxylic acids is 3. The normalized spacial score (nSPS) is 12.7. The number of ether oxygens (including phenoxy) is 3. The summed E-state index contributed by atoms with van der Waals surface area (Å²) in [6.07, 6.45) is 67.0. The van der Waals surface area contributed by atoms with Crippen molar-refractivity contribution in [1.29, 1.82) is 0 Å². The second-order valence-electron chi connectivity index (χ2n) is 17.4. The van der Waals surface area contributed by atoms with E-state index in [1.165, 1.54) is 70.6 Å². The van der Waals surface area contributed by atoms with Crippen molar-refractivity contribution in [3.63, 3.8) is 0 Å². The molecule has 0 aliphatic rings. The van der Waals surface area contributed by atoms with E-state index in [0.29, 0.717) is 19.3 Å². The third kappa shape index (κ3) is 49.6. The van der Waals surface area contributed by atoms with E-state index < -0.39 is 6.10 Å². The average molecular weight is 891 g/mol. The van der Waals surface area contributed by atoms with Crippen LogP contribution in [0.25, 0.3) is 0 Å². The van der Waals surface area contributed by atoms with Crippen LogP contribution in [0.3, 0.4) is 0 Å². The number of esters is 3. The van der Waals surface area contributed by atoms with Crippen molar-refractivity contribution in [3.05, 3.63) is 85.1 Å². The van der Waals surface area contributed by atoms with E-state index in [4.69, 9.17) is 14.2 Å². The summed E-state index contributed by atoms with van der Waals surface area (Å²) in [7, 11) is 0. The Morgan fingerprint density at radius 2 is 0.625 bits per heavy atom. The molecule has 1 unspecified atom stereocenters. The van der Waals surface area contributed by atoms with Gasteiger partial charge in [0.05, 0.1) is 0 Å². The van der Waals surface area contributed by atoms with Gasteiger partial charge in [-0.05, 0) is 109 Å². The number of hydrogen-bond acceptors (Lipinski definition) is 6. The maximum absolute atomic E-state index is 12.8. The third-order valence-electron chi connectivity index (χ3n) is 11.1. The van der Waals surface area contributed by atoms with E-state index in [1.807, 2.05) is 0 Å².